The summed E-state index contributed by atoms with van der Waals surface area (Å²) >= 11 is 0. The molecule has 3 aromatic rings. The molecule has 0 unspecified atom stereocenters. The number of halogens is 18. The molecule has 0 aliphatic carbocycles. The van der Waals surface area contributed by atoms with Gasteiger partial charge in [-0.25, -0.2) is 0 Å². The van der Waals surface area contributed by atoms with E-state index >= 15 is 0 Å². The van der Waals surface area contributed by atoms with Gasteiger partial charge in [0.1, 0.15) is 0 Å². The largest absolute Gasteiger partial charge is 0.389 e. The molecule has 342 valence electrons. The molecule has 0 saturated heterocycles. The fourth-order valence-electron chi connectivity index (χ4n) is 7.27. The van der Waals surface area contributed by atoms with Gasteiger partial charge in [-0.15, -0.1) is 0 Å². The second-order valence-corrected chi connectivity index (χ2v) is 15.5. The Morgan fingerprint density at radius 2 is 0.393 bits per heavy atom. The first-order chi connectivity index (χ1) is 27.9. The quantitative estimate of drug-likeness (QED) is 0.0738. The summed E-state index contributed by atoms with van der Waals surface area (Å²) in [4.78, 5) is 0. The van der Waals surface area contributed by atoms with E-state index < -0.39 is 121 Å². The average molecular weight is 903 g/mol. The molecule has 0 radical (unpaired) electrons. The molecule has 0 spiro atoms. The van der Waals surface area contributed by atoms with Crippen LogP contribution in [0.2, 0.25) is 0 Å². The molecule has 0 fully saturated rings. The topological polar surface area (TPSA) is 0 Å². The number of hydrogen-bond acceptors (Lipinski definition) is 0. The SMILES string of the molecule is FC(F)(F)CCCc1cc(CCCC(F)(F)F)cc(B(c2cc(CCCC(F)(F)F)cc(CCCC(F)(F)F)c2)c2cc(CCCC(F)(F)F)cc(CCCC(F)(F)F)c2)c1. The van der Waals surface area contributed by atoms with Gasteiger partial charge in [-0.05, 0) is 110 Å². The lowest BCUT2D eigenvalue weighted by molar-refractivity contribution is -0.136. The number of alkyl halides is 18. The Labute approximate surface area is 342 Å². The van der Waals surface area contributed by atoms with Gasteiger partial charge in [0.05, 0.1) is 0 Å². The van der Waals surface area contributed by atoms with Crippen molar-refractivity contribution in [2.24, 2.45) is 0 Å². The van der Waals surface area contributed by atoms with E-state index in [1.165, 1.54) is 54.6 Å². The molecule has 0 saturated carbocycles. The Balaban J connectivity index is 2.34. The third-order valence-electron chi connectivity index (χ3n) is 9.78. The van der Waals surface area contributed by atoms with Gasteiger partial charge in [0.25, 0.3) is 0 Å². The standard InChI is InChI=1S/C42H45BF18/c44-37(45,46)13-1-7-28-19-29(8-2-14-38(47,48)49)23-34(22-28)43(35-24-30(9-3-15-39(50,51)52)20-31(25-35)10-4-16-40(53,54)55)36-26-32(11-5-17-41(56,57)58)21-33(27-36)12-6-18-42(59,60)61/h19-27H,1-18H2. The van der Waals surface area contributed by atoms with Gasteiger partial charge < -0.3 is 0 Å². The van der Waals surface area contributed by atoms with Crippen molar-refractivity contribution < 1.29 is 79.0 Å². The van der Waals surface area contributed by atoms with Crippen molar-refractivity contribution in [2.45, 2.75) is 153 Å². The van der Waals surface area contributed by atoms with Crippen molar-refractivity contribution >= 4 is 23.1 Å². The van der Waals surface area contributed by atoms with E-state index in [1.54, 1.807) is 0 Å². The molecule has 0 heterocycles. The molecule has 61 heavy (non-hydrogen) atoms. The Morgan fingerprint density at radius 3 is 0.525 bits per heavy atom. The lowest BCUT2D eigenvalue weighted by Crippen LogP contribution is -2.52. The second kappa shape index (κ2) is 21.7. The Hall–Kier alpha value is -3.54. The Kier molecular flexibility index (Phi) is 18.4. The minimum atomic E-state index is -4.56. The van der Waals surface area contributed by atoms with Gasteiger partial charge in [0, 0.05) is 38.5 Å². The summed E-state index contributed by atoms with van der Waals surface area (Å²) in [5.74, 6) is 0. The van der Waals surface area contributed by atoms with E-state index in [9.17, 15) is 79.0 Å². The number of aryl methyl sites for hydroxylation is 6. The highest BCUT2D eigenvalue weighted by Crippen LogP contribution is 2.28. The first kappa shape index (κ1) is 51.8. The summed E-state index contributed by atoms with van der Waals surface area (Å²) in [5, 5.41) is 0. The van der Waals surface area contributed by atoms with Gasteiger partial charge in [-0.3, -0.25) is 0 Å². The van der Waals surface area contributed by atoms with Crippen LogP contribution in [0, 0.1) is 0 Å². The summed E-state index contributed by atoms with van der Waals surface area (Å²) in [5.41, 5.74) is 2.23. The summed E-state index contributed by atoms with van der Waals surface area (Å²) < 4.78 is 237. The summed E-state index contributed by atoms with van der Waals surface area (Å²) in [7, 11) is 0. The van der Waals surface area contributed by atoms with Crippen molar-refractivity contribution in [1.82, 2.24) is 0 Å². The van der Waals surface area contributed by atoms with E-state index in [4.69, 9.17) is 0 Å². The molecular weight excluding hydrogens is 857 g/mol. The number of benzene rings is 3. The van der Waals surface area contributed by atoms with E-state index in [2.05, 4.69) is 0 Å². The lowest BCUT2D eigenvalue weighted by Gasteiger charge is -2.22. The molecule has 3 rings (SSSR count). The zero-order chi connectivity index (χ0) is 45.9. The number of rotatable bonds is 21. The van der Waals surface area contributed by atoms with Gasteiger partial charge in [0.15, 0.2) is 0 Å². The molecule has 0 bridgehead atoms. The molecule has 3 aromatic carbocycles. The van der Waals surface area contributed by atoms with Crippen LogP contribution >= 0.6 is 0 Å². The van der Waals surface area contributed by atoms with Crippen LogP contribution in [0.15, 0.2) is 54.6 Å². The predicted octanol–water partition coefficient (Wildman–Crippen LogP) is 13.5. The van der Waals surface area contributed by atoms with Crippen LogP contribution in [0.1, 0.15) is 110 Å². The molecule has 0 aliphatic rings. The monoisotopic (exact) mass is 902 g/mol. The molecule has 0 aliphatic heterocycles. The van der Waals surface area contributed by atoms with Crippen LogP contribution in [-0.4, -0.2) is 43.8 Å². The first-order valence-electron chi connectivity index (χ1n) is 19.7. The highest BCUT2D eigenvalue weighted by molar-refractivity contribution is 6.95. The first-order valence-corrected chi connectivity index (χ1v) is 19.7. The highest BCUT2D eigenvalue weighted by atomic mass is 19.4. The predicted molar refractivity (Wildman–Crippen MR) is 198 cm³/mol. The zero-order valence-electron chi connectivity index (χ0n) is 32.8. The van der Waals surface area contributed by atoms with E-state index in [-0.39, 0.29) is 88.3 Å². The van der Waals surface area contributed by atoms with Gasteiger partial charge >= 0.3 is 37.1 Å². The molecule has 0 atom stereocenters. The lowest BCUT2D eigenvalue weighted by atomic mass is 9.36. The normalized spacial score (nSPS) is 13.3. The molecule has 19 heteroatoms. The Bertz CT molecular complexity index is 1470. The third kappa shape index (κ3) is 22.4. The number of hydrogen-bond donors (Lipinski definition) is 0. The van der Waals surface area contributed by atoms with Crippen LogP contribution in [-0.2, 0) is 38.5 Å². The van der Waals surface area contributed by atoms with Crippen LogP contribution in [0.4, 0.5) is 79.0 Å². The maximum absolute atomic E-state index is 13.2. The van der Waals surface area contributed by atoms with Crippen LogP contribution in [0.3, 0.4) is 0 Å². The van der Waals surface area contributed by atoms with Crippen molar-refractivity contribution in [3.63, 3.8) is 0 Å². The van der Waals surface area contributed by atoms with Crippen molar-refractivity contribution in [1.29, 1.82) is 0 Å². The Morgan fingerprint density at radius 1 is 0.246 bits per heavy atom. The zero-order valence-corrected chi connectivity index (χ0v) is 32.8. The maximum Gasteiger partial charge on any atom is 0.389 e. The fourth-order valence-corrected chi connectivity index (χ4v) is 7.27. The smallest absolute Gasteiger partial charge is 0.171 e. The van der Waals surface area contributed by atoms with E-state index in [0.29, 0.717) is 0 Å². The van der Waals surface area contributed by atoms with Gasteiger partial charge in [0.2, 0.25) is 6.71 Å². The van der Waals surface area contributed by atoms with Crippen LogP contribution < -0.4 is 16.4 Å². The summed E-state index contributed by atoms with van der Waals surface area (Å²) in [6.07, 6.45) is -38.5. The minimum Gasteiger partial charge on any atom is -0.171 e. The van der Waals surface area contributed by atoms with E-state index in [0.717, 1.165) is 0 Å². The summed E-state index contributed by atoms with van der Waals surface area (Å²) in [6, 6.07) is 13.1. The second-order valence-electron chi connectivity index (χ2n) is 15.5. The minimum absolute atomic E-state index is 0.216. The van der Waals surface area contributed by atoms with Crippen LogP contribution in [0.25, 0.3) is 0 Å². The van der Waals surface area contributed by atoms with Crippen molar-refractivity contribution in [3.05, 3.63) is 88.0 Å². The average Bonchev–Trinajstić information content (AvgIpc) is 3.05. The molecule has 0 aromatic heterocycles. The molecule has 0 amide bonds. The fraction of sp³-hybridized carbons (Fsp3) is 0.571. The van der Waals surface area contributed by atoms with Crippen LogP contribution in [0.5, 0.6) is 0 Å². The molecule has 0 N–H and O–H groups in total. The maximum atomic E-state index is 13.2. The van der Waals surface area contributed by atoms with E-state index in [1.807, 2.05) is 0 Å². The highest BCUT2D eigenvalue weighted by Gasteiger charge is 2.32. The molecular formula is C42H45BF18. The summed E-state index contributed by atoms with van der Waals surface area (Å²) in [6.45, 7) is -1.13. The van der Waals surface area contributed by atoms with Gasteiger partial charge in [-0.1, -0.05) is 71.0 Å². The van der Waals surface area contributed by atoms with Crippen molar-refractivity contribution in [3.8, 4) is 0 Å². The third-order valence-corrected chi connectivity index (χ3v) is 9.78. The molecule has 0 nitrogen and oxygen atoms in total. The van der Waals surface area contributed by atoms with Crippen molar-refractivity contribution in [2.75, 3.05) is 0 Å². The van der Waals surface area contributed by atoms with Gasteiger partial charge in [-0.2, -0.15) is 79.0 Å².